The van der Waals surface area contributed by atoms with E-state index >= 15 is 0 Å². The normalized spacial score (nSPS) is 24.9. The number of rotatable bonds is 5. The molecule has 2 aliphatic carbocycles. The number of benzene rings is 1. The van der Waals surface area contributed by atoms with Crippen molar-refractivity contribution in [3.05, 3.63) is 46.3 Å². The predicted molar refractivity (Wildman–Crippen MR) is 146 cm³/mol. The van der Waals surface area contributed by atoms with Gasteiger partial charge in [-0.2, -0.15) is 5.10 Å². The lowest BCUT2D eigenvalue weighted by Crippen LogP contribution is -2.54. The van der Waals surface area contributed by atoms with Crippen molar-refractivity contribution in [1.29, 1.82) is 0 Å². The Bertz CT molecular complexity index is 1250. The number of piperazine rings is 1. The van der Waals surface area contributed by atoms with Gasteiger partial charge in [0.1, 0.15) is 6.54 Å². The average Bonchev–Trinajstić information content (AvgIpc) is 3.43. The van der Waals surface area contributed by atoms with E-state index in [9.17, 15) is 14.7 Å². The first-order chi connectivity index (χ1) is 18.1. The van der Waals surface area contributed by atoms with Crippen LogP contribution in [-0.2, 0) is 17.8 Å². The molecule has 2 saturated heterocycles. The summed E-state index contributed by atoms with van der Waals surface area (Å²) in [6.07, 6.45) is 4.78. The molecule has 1 aromatic heterocycles. The summed E-state index contributed by atoms with van der Waals surface area (Å²) in [5.74, 6) is 0.986. The maximum atomic E-state index is 13.8. The number of amides is 2. The van der Waals surface area contributed by atoms with E-state index < -0.39 is 5.60 Å². The molecule has 6 rings (SSSR count). The first kappa shape index (κ1) is 25.4. The van der Waals surface area contributed by atoms with Crippen LogP contribution in [0.25, 0.3) is 0 Å². The summed E-state index contributed by atoms with van der Waals surface area (Å²) in [6, 6.07) is 6.20. The minimum Gasteiger partial charge on any atom is -0.388 e. The number of nitrogens with zero attached hydrogens (tertiary/aromatic N) is 5. The number of carbonyl (C=O) groups excluding carboxylic acids is 2. The second-order valence-corrected chi connectivity index (χ2v) is 12.4. The Morgan fingerprint density at radius 1 is 1.08 bits per heavy atom. The molecule has 3 atom stereocenters. The topological polar surface area (TPSA) is 81.9 Å². The van der Waals surface area contributed by atoms with E-state index in [1.54, 1.807) is 13.8 Å². The van der Waals surface area contributed by atoms with Gasteiger partial charge in [0.15, 0.2) is 5.69 Å². The molecule has 3 heterocycles. The Morgan fingerprint density at radius 2 is 1.84 bits per heavy atom. The summed E-state index contributed by atoms with van der Waals surface area (Å²) in [5.41, 5.74) is 5.56. The number of piperidine rings is 1. The largest absolute Gasteiger partial charge is 0.388 e. The zero-order chi connectivity index (χ0) is 26.8. The van der Waals surface area contributed by atoms with Gasteiger partial charge in [0, 0.05) is 49.7 Å². The summed E-state index contributed by atoms with van der Waals surface area (Å²) in [4.78, 5) is 33.4. The number of hydrogen-bond acceptors (Lipinski definition) is 5. The Morgan fingerprint density at radius 3 is 2.58 bits per heavy atom. The molecular weight excluding hydrogens is 478 g/mol. The molecule has 1 N–H and O–H groups in total. The van der Waals surface area contributed by atoms with Crippen LogP contribution in [-0.4, -0.2) is 80.9 Å². The number of aromatic nitrogens is 2. The van der Waals surface area contributed by atoms with Gasteiger partial charge < -0.3 is 19.8 Å². The standard InChI is InChI=1S/C30H41N5O3/c1-19-8-7-9-23(20(19)2)32-12-14-33(15-13-32)26(36)18-35-24-17-21-16-22(21)27(24)28(31-35)29(37)34-11-6-5-10-25(34)30(3,4)38/h7-9,21-22,25,38H,5-6,10-18H2,1-4H3/t21-,22-,25?/m1/s1. The fourth-order valence-electron chi connectivity index (χ4n) is 7.03. The van der Waals surface area contributed by atoms with Gasteiger partial charge >= 0.3 is 0 Å². The van der Waals surface area contributed by atoms with Gasteiger partial charge in [0.2, 0.25) is 5.91 Å². The Balaban J connectivity index is 1.18. The van der Waals surface area contributed by atoms with Crippen molar-refractivity contribution in [2.75, 3.05) is 37.6 Å². The second-order valence-electron chi connectivity index (χ2n) is 12.4. The molecule has 1 saturated carbocycles. The van der Waals surface area contributed by atoms with Crippen LogP contribution in [0.1, 0.15) is 78.3 Å². The number of likely N-dealkylation sites (tertiary alicyclic amines) is 1. The molecular formula is C30H41N5O3. The lowest BCUT2D eigenvalue weighted by molar-refractivity contribution is -0.132. The van der Waals surface area contributed by atoms with Crippen LogP contribution in [0.3, 0.4) is 0 Å². The predicted octanol–water partition coefficient (Wildman–Crippen LogP) is 3.27. The summed E-state index contributed by atoms with van der Waals surface area (Å²) < 4.78 is 1.83. The van der Waals surface area contributed by atoms with Crippen molar-refractivity contribution in [3.63, 3.8) is 0 Å². The molecule has 204 valence electrons. The summed E-state index contributed by atoms with van der Waals surface area (Å²) >= 11 is 0. The third-order valence-corrected chi connectivity index (χ3v) is 9.46. The van der Waals surface area contributed by atoms with Crippen LogP contribution in [0.4, 0.5) is 5.69 Å². The zero-order valence-electron chi connectivity index (χ0n) is 23.2. The smallest absolute Gasteiger partial charge is 0.275 e. The minimum atomic E-state index is -0.959. The molecule has 0 radical (unpaired) electrons. The molecule has 2 aliphatic heterocycles. The van der Waals surface area contributed by atoms with Crippen LogP contribution in [0.5, 0.6) is 0 Å². The molecule has 3 fully saturated rings. The van der Waals surface area contributed by atoms with Crippen molar-refractivity contribution in [1.82, 2.24) is 19.6 Å². The fraction of sp³-hybridized carbons (Fsp3) is 0.633. The molecule has 0 bridgehead atoms. The van der Waals surface area contributed by atoms with E-state index in [-0.39, 0.29) is 24.4 Å². The van der Waals surface area contributed by atoms with Crippen molar-refractivity contribution in [2.45, 2.75) is 83.9 Å². The Labute approximate surface area is 225 Å². The van der Waals surface area contributed by atoms with E-state index in [1.165, 1.54) is 16.8 Å². The second kappa shape index (κ2) is 9.40. The number of hydrogen-bond donors (Lipinski definition) is 1. The molecule has 0 spiro atoms. The quantitative estimate of drug-likeness (QED) is 0.656. The summed E-state index contributed by atoms with van der Waals surface area (Å²) in [5, 5.41) is 15.6. The number of fused-ring (bicyclic) bond motifs is 3. The molecule has 1 aromatic carbocycles. The highest BCUT2D eigenvalue weighted by atomic mass is 16.3. The van der Waals surface area contributed by atoms with E-state index in [1.807, 2.05) is 14.5 Å². The van der Waals surface area contributed by atoms with E-state index in [4.69, 9.17) is 5.10 Å². The summed E-state index contributed by atoms with van der Waals surface area (Å²) in [6.45, 7) is 11.7. The lowest BCUT2D eigenvalue weighted by atomic mass is 9.88. The highest BCUT2D eigenvalue weighted by Gasteiger charge is 2.51. The molecule has 1 unspecified atom stereocenters. The van der Waals surface area contributed by atoms with Gasteiger partial charge in [-0.25, -0.2) is 0 Å². The van der Waals surface area contributed by atoms with Gasteiger partial charge in [-0.15, -0.1) is 0 Å². The number of anilines is 1. The molecule has 8 nitrogen and oxygen atoms in total. The SMILES string of the molecule is Cc1cccc(N2CCN(C(=O)Cn3nc(C(=O)N4CCCCC4C(C)(C)O)c4c3C[C@H]3C[C@@H]43)CC2)c1C. The molecule has 2 aromatic rings. The average molecular weight is 520 g/mol. The molecule has 4 aliphatic rings. The van der Waals surface area contributed by atoms with Crippen LogP contribution in [0.15, 0.2) is 18.2 Å². The van der Waals surface area contributed by atoms with Crippen molar-refractivity contribution < 1.29 is 14.7 Å². The van der Waals surface area contributed by atoms with Crippen molar-refractivity contribution in [3.8, 4) is 0 Å². The number of carbonyl (C=O) groups is 2. The maximum absolute atomic E-state index is 13.8. The van der Waals surface area contributed by atoms with Gasteiger partial charge in [-0.05, 0) is 88.8 Å². The van der Waals surface area contributed by atoms with Gasteiger partial charge in [-0.1, -0.05) is 12.1 Å². The third kappa shape index (κ3) is 4.40. The monoisotopic (exact) mass is 519 g/mol. The lowest BCUT2D eigenvalue weighted by Gasteiger charge is -2.42. The number of aryl methyl sites for hydroxylation is 1. The van der Waals surface area contributed by atoms with Crippen LogP contribution in [0.2, 0.25) is 0 Å². The van der Waals surface area contributed by atoms with Gasteiger partial charge in [-0.3, -0.25) is 14.3 Å². The van der Waals surface area contributed by atoms with E-state index in [0.717, 1.165) is 56.5 Å². The van der Waals surface area contributed by atoms with Crippen LogP contribution >= 0.6 is 0 Å². The minimum absolute atomic E-state index is 0.0721. The van der Waals surface area contributed by atoms with Crippen molar-refractivity contribution >= 4 is 17.5 Å². The van der Waals surface area contributed by atoms with Crippen molar-refractivity contribution in [2.24, 2.45) is 5.92 Å². The van der Waals surface area contributed by atoms with E-state index in [0.29, 0.717) is 37.2 Å². The molecule has 38 heavy (non-hydrogen) atoms. The first-order valence-electron chi connectivity index (χ1n) is 14.4. The fourth-order valence-corrected chi connectivity index (χ4v) is 7.03. The molecule has 8 heteroatoms. The third-order valence-electron chi connectivity index (χ3n) is 9.46. The zero-order valence-corrected chi connectivity index (χ0v) is 23.2. The summed E-state index contributed by atoms with van der Waals surface area (Å²) in [7, 11) is 0. The highest BCUT2D eigenvalue weighted by Crippen LogP contribution is 2.57. The number of aliphatic hydroxyl groups is 1. The Hall–Kier alpha value is -2.87. The van der Waals surface area contributed by atoms with Gasteiger partial charge in [0.05, 0.1) is 11.6 Å². The Kier molecular flexibility index (Phi) is 6.29. The van der Waals surface area contributed by atoms with E-state index in [2.05, 4.69) is 36.9 Å². The van der Waals surface area contributed by atoms with Crippen LogP contribution in [0, 0.1) is 19.8 Å². The molecule has 2 amide bonds. The first-order valence-corrected chi connectivity index (χ1v) is 14.4. The van der Waals surface area contributed by atoms with Gasteiger partial charge in [0.25, 0.3) is 5.91 Å². The highest BCUT2D eigenvalue weighted by molar-refractivity contribution is 5.95. The maximum Gasteiger partial charge on any atom is 0.275 e. The van der Waals surface area contributed by atoms with Crippen LogP contribution < -0.4 is 4.90 Å².